The molecule has 1 amide bonds. The normalized spacial score (nSPS) is 17.1. The van der Waals surface area contributed by atoms with Crippen LogP contribution in [0.2, 0.25) is 0 Å². The Balaban J connectivity index is 1.67. The maximum absolute atomic E-state index is 12.6. The lowest BCUT2D eigenvalue weighted by Gasteiger charge is -2.11. The molecule has 3 rings (SSSR count). The van der Waals surface area contributed by atoms with Crippen LogP contribution in [0.25, 0.3) is 0 Å². The highest BCUT2D eigenvalue weighted by molar-refractivity contribution is 7.99. The van der Waals surface area contributed by atoms with E-state index in [-0.39, 0.29) is 16.7 Å². The molecule has 0 aliphatic carbocycles. The molecule has 0 spiro atoms. The molecule has 0 radical (unpaired) electrons. The van der Waals surface area contributed by atoms with E-state index in [1.807, 2.05) is 37.4 Å². The van der Waals surface area contributed by atoms with Crippen LogP contribution < -0.4 is 10.0 Å². The third kappa shape index (κ3) is 5.07. The monoisotopic (exact) mass is 422 g/mol. The van der Waals surface area contributed by atoms with E-state index in [0.717, 1.165) is 10.5 Å². The third-order valence-corrected chi connectivity index (χ3v) is 7.86. The van der Waals surface area contributed by atoms with Gasteiger partial charge in [-0.25, -0.2) is 13.1 Å². The minimum absolute atomic E-state index is 0.0857. The van der Waals surface area contributed by atoms with Crippen molar-refractivity contribution >= 4 is 45.1 Å². The molecule has 2 aromatic carbocycles. The molecule has 27 heavy (non-hydrogen) atoms. The Morgan fingerprint density at radius 2 is 1.96 bits per heavy atom. The van der Waals surface area contributed by atoms with E-state index in [1.54, 1.807) is 35.7 Å². The molecular formula is C19H22N2O3S3. The van der Waals surface area contributed by atoms with Crippen molar-refractivity contribution in [3.8, 4) is 0 Å². The number of carbonyl (C=O) groups excluding carboxylic acids is 1. The second-order valence-electron chi connectivity index (χ2n) is 6.36. The summed E-state index contributed by atoms with van der Waals surface area (Å²) in [6.07, 6.45) is 2.63. The van der Waals surface area contributed by atoms with E-state index in [9.17, 15) is 13.2 Å². The fourth-order valence-electron chi connectivity index (χ4n) is 2.65. The zero-order valence-electron chi connectivity index (χ0n) is 15.2. The first-order valence-electron chi connectivity index (χ1n) is 8.59. The number of hydrogen-bond donors (Lipinski definition) is 2. The minimum Gasteiger partial charge on any atom is -0.325 e. The van der Waals surface area contributed by atoms with Crippen LogP contribution >= 0.6 is 23.5 Å². The molecule has 0 bridgehead atoms. The van der Waals surface area contributed by atoms with Crippen LogP contribution in [0, 0.1) is 5.92 Å². The maximum Gasteiger partial charge on any atom is 0.240 e. The van der Waals surface area contributed by atoms with Gasteiger partial charge in [0, 0.05) is 28.0 Å². The van der Waals surface area contributed by atoms with Crippen LogP contribution in [0.3, 0.4) is 0 Å². The number of fused-ring (bicyclic) bond motifs is 1. The Labute approximate surface area is 168 Å². The van der Waals surface area contributed by atoms with Gasteiger partial charge in [0.05, 0.1) is 10.6 Å². The predicted octanol–water partition coefficient (Wildman–Crippen LogP) is 3.61. The molecule has 0 aromatic heterocycles. The highest BCUT2D eigenvalue weighted by Gasteiger charge is 2.22. The summed E-state index contributed by atoms with van der Waals surface area (Å²) in [4.78, 5) is 14.3. The minimum atomic E-state index is -3.63. The zero-order chi connectivity index (χ0) is 19.4. The van der Waals surface area contributed by atoms with Gasteiger partial charge in [0.15, 0.2) is 0 Å². The van der Waals surface area contributed by atoms with Gasteiger partial charge in [-0.1, -0.05) is 19.1 Å². The van der Waals surface area contributed by atoms with Crippen molar-refractivity contribution in [2.24, 2.45) is 5.92 Å². The summed E-state index contributed by atoms with van der Waals surface area (Å²) in [6, 6.07) is 13.0. The zero-order valence-corrected chi connectivity index (χ0v) is 17.6. The first kappa shape index (κ1) is 20.3. The highest BCUT2D eigenvalue weighted by Crippen LogP contribution is 2.34. The Kier molecular flexibility index (Phi) is 6.52. The van der Waals surface area contributed by atoms with Crippen molar-refractivity contribution in [2.75, 3.05) is 23.9 Å². The second-order valence-corrected chi connectivity index (χ2v) is 10.1. The van der Waals surface area contributed by atoms with Crippen LogP contribution in [0.1, 0.15) is 12.5 Å². The SMILES string of the molecule is CSc1ccc(CCNS(=O)(=O)c2ccc3c(c2)NC(=O)C(C)CS3)cc1. The van der Waals surface area contributed by atoms with Gasteiger partial charge in [-0.2, -0.15) is 0 Å². The Morgan fingerprint density at radius 3 is 2.67 bits per heavy atom. The van der Waals surface area contributed by atoms with Crippen molar-refractivity contribution in [1.82, 2.24) is 4.72 Å². The first-order chi connectivity index (χ1) is 12.9. The molecule has 1 aliphatic rings. The number of anilines is 1. The number of amides is 1. The number of hydrogen-bond acceptors (Lipinski definition) is 5. The fourth-order valence-corrected chi connectivity index (χ4v) is 5.13. The Bertz CT molecular complexity index is 928. The number of carbonyl (C=O) groups is 1. The van der Waals surface area contributed by atoms with Crippen molar-refractivity contribution in [2.45, 2.75) is 28.0 Å². The van der Waals surface area contributed by atoms with Crippen LogP contribution in [-0.4, -0.2) is 32.9 Å². The van der Waals surface area contributed by atoms with Gasteiger partial charge < -0.3 is 5.32 Å². The molecule has 1 unspecified atom stereocenters. The van der Waals surface area contributed by atoms with Gasteiger partial charge in [0.2, 0.25) is 15.9 Å². The Hall–Kier alpha value is -1.48. The quantitative estimate of drug-likeness (QED) is 0.696. The first-order valence-corrected chi connectivity index (χ1v) is 12.3. The van der Waals surface area contributed by atoms with Gasteiger partial charge in [-0.15, -0.1) is 23.5 Å². The molecule has 5 nitrogen and oxygen atoms in total. The summed E-state index contributed by atoms with van der Waals surface area (Å²) in [7, 11) is -3.63. The Morgan fingerprint density at radius 1 is 1.22 bits per heavy atom. The van der Waals surface area contributed by atoms with Crippen LogP contribution in [0.4, 0.5) is 5.69 Å². The van der Waals surface area contributed by atoms with E-state index < -0.39 is 10.0 Å². The highest BCUT2D eigenvalue weighted by atomic mass is 32.2. The summed E-state index contributed by atoms with van der Waals surface area (Å²) in [5, 5.41) is 2.82. The topological polar surface area (TPSA) is 75.3 Å². The molecule has 1 heterocycles. The van der Waals surface area contributed by atoms with E-state index in [4.69, 9.17) is 0 Å². The van der Waals surface area contributed by atoms with Gasteiger partial charge in [-0.3, -0.25) is 4.79 Å². The lowest BCUT2D eigenvalue weighted by Crippen LogP contribution is -2.26. The molecule has 1 atom stereocenters. The summed E-state index contributed by atoms with van der Waals surface area (Å²) in [6.45, 7) is 2.18. The largest absolute Gasteiger partial charge is 0.325 e. The second kappa shape index (κ2) is 8.68. The van der Waals surface area contributed by atoms with Crippen molar-refractivity contribution in [1.29, 1.82) is 0 Å². The van der Waals surface area contributed by atoms with E-state index in [0.29, 0.717) is 24.4 Å². The van der Waals surface area contributed by atoms with Crippen molar-refractivity contribution in [3.63, 3.8) is 0 Å². The molecule has 2 N–H and O–H groups in total. The average Bonchev–Trinajstić information content (AvgIpc) is 2.80. The summed E-state index contributed by atoms with van der Waals surface area (Å²) >= 11 is 3.23. The van der Waals surface area contributed by atoms with Crippen LogP contribution in [0.15, 0.2) is 57.2 Å². The van der Waals surface area contributed by atoms with Crippen LogP contribution in [-0.2, 0) is 21.2 Å². The van der Waals surface area contributed by atoms with Crippen molar-refractivity contribution in [3.05, 3.63) is 48.0 Å². The third-order valence-electron chi connectivity index (χ3n) is 4.32. The maximum atomic E-state index is 12.6. The standard InChI is InChI=1S/C19H22N2O3S3/c1-13-12-26-18-8-7-16(11-17(18)21-19(13)22)27(23,24)20-10-9-14-3-5-15(25-2)6-4-14/h3-8,11,13,20H,9-10,12H2,1-2H3,(H,21,22). The van der Waals surface area contributed by atoms with Gasteiger partial charge in [0.1, 0.15) is 0 Å². The van der Waals surface area contributed by atoms with E-state index in [1.165, 1.54) is 11.0 Å². The molecule has 0 fully saturated rings. The molecule has 2 aromatic rings. The molecule has 0 saturated carbocycles. The van der Waals surface area contributed by atoms with E-state index in [2.05, 4.69) is 10.0 Å². The number of rotatable bonds is 6. The molecule has 0 saturated heterocycles. The number of nitrogens with one attached hydrogen (secondary N) is 2. The fraction of sp³-hybridized carbons (Fsp3) is 0.316. The number of sulfonamides is 1. The molecule has 144 valence electrons. The molecular weight excluding hydrogens is 400 g/mol. The summed E-state index contributed by atoms with van der Waals surface area (Å²) in [5.41, 5.74) is 1.64. The molecule has 8 heteroatoms. The smallest absolute Gasteiger partial charge is 0.240 e. The average molecular weight is 423 g/mol. The van der Waals surface area contributed by atoms with Gasteiger partial charge >= 0.3 is 0 Å². The lowest BCUT2D eigenvalue weighted by molar-refractivity contribution is -0.118. The molecule has 1 aliphatic heterocycles. The summed E-state index contributed by atoms with van der Waals surface area (Å²) < 4.78 is 27.9. The lowest BCUT2D eigenvalue weighted by atomic mass is 10.2. The summed E-state index contributed by atoms with van der Waals surface area (Å²) in [5.74, 6) is 0.480. The predicted molar refractivity (Wildman–Crippen MR) is 112 cm³/mol. The van der Waals surface area contributed by atoms with E-state index >= 15 is 0 Å². The number of benzene rings is 2. The number of thioether (sulfide) groups is 2. The van der Waals surface area contributed by atoms with Crippen molar-refractivity contribution < 1.29 is 13.2 Å². The van der Waals surface area contributed by atoms with Gasteiger partial charge in [-0.05, 0) is 48.6 Å². The van der Waals surface area contributed by atoms with Gasteiger partial charge in [0.25, 0.3) is 0 Å². The van der Waals surface area contributed by atoms with Crippen LogP contribution in [0.5, 0.6) is 0 Å².